The second kappa shape index (κ2) is 8.68. The van der Waals surface area contributed by atoms with E-state index in [1.165, 1.54) is 6.07 Å². The smallest absolute Gasteiger partial charge is 0.380 e. The number of ketones is 1. The molecule has 1 aliphatic rings. The zero-order valence-electron chi connectivity index (χ0n) is 18.1. The van der Waals surface area contributed by atoms with Crippen molar-refractivity contribution in [3.8, 4) is 0 Å². The Bertz CT molecular complexity index is 1170. The number of alkyl halides is 3. The first-order valence-electron chi connectivity index (χ1n) is 10.4. The second-order valence-electron chi connectivity index (χ2n) is 8.46. The van der Waals surface area contributed by atoms with Crippen molar-refractivity contribution >= 4 is 5.78 Å². The van der Waals surface area contributed by atoms with E-state index in [1.54, 1.807) is 12.4 Å². The van der Waals surface area contributed by atoms with E-state index < -0.39 is 23.3 Å². The summed E-state index contributed by atoms with van der Waals surface area (Å²) in [5.74, 6) is 0.348. The van der Waals surface area contributed by atoms with Gasteiger partial charge in [0.05, 0.1) is 13.2 Å². The van der Waals surface area contributed by atoms with Gasteiger partial charge in [-0.3, -0.25) is 4.79 Å². The van der Waals surface area contributed by atoms with Crippen LogP contribution in [0.5, 0.6) is 0 Å². The lowest BCUT2D eigenvalue weighted by Gasteiger charge is -2.37. The molecule has 7 nitrogen and oxygen atoms in total. The third kappa shape index (κ3) is 4.96. The number of carbonyl (C=O) groups is 1. The number of pyridine rings is 1. The molecule has 4 rings (SSSR count). The average molecular weight is 460 g/mol. The number of aliphatic hydroxyl groups is 1. The summed E-state index contributed by atoms with van der Waals surface area (Å²) in [4.78, 5) is 16.4. The fraction of sp³-hybridized carbons (Fsp3) is 0.391. The number of ether oxygens (including phenoxy) is 1. The predicted octanol–water partition coefficient (Wildman–Crippen LogP) is 3.22. The van der Waals surface area contributed by atoms with Gasteiger partial charge in [0.1, 0.15) is 29.1 Å². The van der Waals surface area contributed by atoms with Crippen molar-refractivity contribution in [1.82, 2.24) is 19.7 Å². The number of halogens is 3. The minimum Gasteiger partial charge on any atom is -0.380 e. The third-order valence-corrected chi connectivity index (χ3v) is 5.80. The van der Waals surface area contributed by atoms with Gasteiger partial charge >= 0.3 is 6.18 Å². The fourth-order valence-corrected chi connectivity index (χ4v) is 3.72. The lowest BCUT2D eigenvalue weighted by molar-refractivity contribution is -0.185. The number of hydrogen-bond donors (Lipinski definition) is 1. The summed E-state index contributed by atoms with van der Waals surface area (Å²) >= 11 is 0. The number of rotatable bonds is 7. The maximum absolute atomic E-state index is 13.4. The molecule has 0 bridgehead atoms. The minimum absolute atomic E-state index is 0.0227. The summed E-state index contributed by atoms with van der Waals surface area (Å²) in [5.41, 5.74) is -1.48. The Morgan fingerprint density at radius 2 is 2.03 bits per heavy atom. The topological polar surface area (TPSA) is 90.1 Å². The van der Waals surface area contributed by atoms with E-state index >= 15 is 0 Å². The summed E-state index contributed by atoms with van der Waals surface area (Å²) in [6.45, 7) is 1.76. The number of Topliss-reactive ketones (excluding diaryl/α,β-unsaturated/α-hetero) is 1. The highest BCUT2D eigenvalue weighted by Crippen LogP contribution is 2.35. The van der Waals surface area contributed by atoms with Gasteiger partial charge in [-0.25, -0.2) is 4.98 Å². The first-order chi connectivity index (χ1) is 15.5. The Labute approximate surface area is 188 Å². The van der Waals surface area contributed by atoms with E-state index in [0.717, 1.165) is 17.5 Å². The summed E-state index contributed by atoms with van der Waals surface area (Å²) in [5, 5.41) is 18.4. The number of nitrogens with zero attached hydrogens (tertiary/aromatic N) is 4. The molecule has 1 fully saturated rings. The Balaban J connectivity index is 1.56. The molecule has 0 radical (unpaired) electrons. The van der Waals surface area contributed by atoms with Crippen molar-refractivity contribution in [2.75, 3.05) is 13.2 Å². The van der Waals surface area contributed by atoms with Crippen LogP contribution in [-0.4, -0.2) is 43.9 Å². The molecule has 1 atom stereocenters. The molecule has 1 aromatic carbocycles. The van der Waals surface area contributed by atoms with Gasteiger partial charge in [0.25, 0.3) is 0 Å². The Morgan fingerprint density at radius 1 is 1.27 bits per heavy atom. The van der Waals surface area contributed by atoms with Crippen LogP contribution >= 0.6 is 0 Å². The van der Waals surface area contributed by atoms with E-state index in [-0.39, 0.29) is 36.8 Å². The van der Waals surface area contributed by atoms with Crippen LogP contribution in [0.15, 0.2) is 42.7 Å². The highest BCUT2D eigenvalue weighted by Gasteiger charge is 2.41. The largest absolute Gasteiger partial charge is 0.433 e. The minimum atomic E-state index is -4.75. The summed E-state index contributed by atoms with van der Waals surface area (Å²) in [7, 11) is 1.86. The van der Waals surface area contributed by atoms with Crippen LogP contribution in [0.4, 0.5) is 13.2 Å². The van der Waals surface area contributed by atoms with Gasteiger partial charge < -0.3 is 14.4 Å². The molecular formula is C23H23F3N4O3. The highest BCUT2D eigenvalue weighted by molar-refractivity contribution is 5.96. The van der Waals surface area contributed by atoms with Crippen molar-refractivity contribution in [1.29, 1.82) is 0 Å². The lowest BCUT2D eigenvalue weighted by Crippen LogP contribution is -2.46. The van der Waals surface area contributed by atoms with Crippen LogP contribution in [0.1, 0.15) is 51.5 Å². The molecular weight excluding hydrogens is 437 g/mol. The molecule has 10 heteroatoms. The van der Waals surface area contributed by atoms with Crippen molar-refractivity contribution in [3.05, 3.63) is 76.6 Å². The fourth-order valence-electron chi connectivity index (χ4n) is 3.72. The van der Waals surface area contributed by atoms with Gasteiger partial charge in [0.15, 0.2) is 5.78 Å². The molecule has 1 N–H and O–H groups in total. The molecule has 0 unspecified atom stereocenters. The van der Waals surface area contributed by atoms with Gasteiger partial charge in [0, 0.05) is 19.9 Å². The van der Waals surface area contributed by atoms with Gasteiger partial charge in [-0.1, -0.05) is 31.2 Å². The Morgan fingerprint density at radius 3 is 2.64 bits per heavy atom. The van der Waals surface area contributed by atoms with Crippen LogP contribution in [0.2, 0.25) is 0 Å². The quantitative estimate of drug-likeness (QED) is 0.545. The number of hydrogen-bond acceptors (Lipinski definition) is 6. The maximum atomic E-state index is 13.4. The molecule has 1 saturated heterocycles. The van der Waals surface area contributed by atoms with Gasteiger partial charge in [-0.05, 0) is 34.7 Å². The summed E-state index contributed by atoms with van der Waals surface area (Å²) in [6.07, 6.45) is -2.60. The zero-order valence-corrected chi connectivity index (χ0v) is 18.1. The Kier molecular flexibility index (Phi) is 6.06. The first-order valence-corrected chi connectivity index (χ1v) is 10.4. The van der Waals surface area contributed by atoms with Crippen molar-refractivity contribution < 1.29 is 27.8 Å². The predicted molar refractivity (Wildman–Crippen MR) is 112 cm³/mol. The van der Waals surface area contributed by atoms with Crippen LogP contribution in [-0.2, 0) is 36.4 Å². The molecule has 33 heavy (non-hydrogen) atoms. The third-order valence-electron chi connectivity index (χ3n) is 5.80. The summed E-state index contributed by atoms with van der Waals surface area (Å²) in [6, 6.07) is 9.35. The van der Waals surface area contributed by atoms with Gasteiger partial charge in [-0.15, -0.1) is 10.2 Å². The lowest BCUT2D eigenvalue weighted by atomic mass is 9.90. The normalized spacial score (nSPS) is 16.3. The van der Waals surface area contributed by atoms with Crippen molar-refractivity contribution in [2.45, 2.75) is 37.5 Å². The second-order valence-corrected chi connectivity index (χ2v) is 8.46. The molecule has 0 spiro atoms. The van der Waals surface area contributed by atoms with Crippen LogP contribution < -0.4 is 0 Å². The van der Waals surface area contributed by atoms with Gasteiger partial charge in [0.2, 0.25) is 0 Å². The number of carbonyl (C=O) groups excluding carboxylic acids is 1. The van der Waals surface area contributed by atoms with Crippen LogP contribution in [0.25, 0.3) is 0 Å². The summed E-state index contributed by atoms with van der Waals surface area (Å²) < 4.78 is 46.9. The molecule has 2 aromatic heterocycles. The monoisotopic (exact) mass is 460 g/mol. The molecule has 3 aromatic rings. The molecule has 1 aliphatic heterocycles. The van der Waals surface area contributed by atoms with Crippen molar-refractivity contribution in [3.63, 3.8) is 0 Å². The average Bonchev–Trinajstić information content (AvgIpc) is 3.15. The van der Waals surface area contributed by atoms with Crippen molar-refractivity contribution in [2.24, 2.45) is 7.05 Å². The standard InChI is InChI=1S/C23H23F3N4O3/c1-14(6-21-29-27-13-30(21)2)16-5-3-4-15(7-16)8-19(31)18-9-17(22(32)11-33-12-22)10-20(28-18)23(24,25)26/h3-5,7,9-10,13-14,32H,6,8,11-12H2,1-2H3/t14-/m1/s1. The first kappa shape index (κ1) is 23.1. The SMILES string of the molecule is C[C@H](Cc1nncn1C)c1cccc(CC(=O)c2cc(C3(O)COC3)cc(C(F)(F)F)n2)c1. The number of benzene rings is 1. The Hall–Kier alpha value is -3.11. The number of aromatic nitrogens is 4. The van der Waals surface area contributed by atoms with E-state index in [4.69, 9.17) is 4.74 Å². The molecule has 3 heterocycles. The van der Waals surface area contributed by atoms with E-state index in [9.17, 15) is 23.1 Å². The molecule has 0 amide bonds. The van der Waals surface area contributed by atoms with E-state index in [2.05, 4.69) is 15.2 Å². The van der Waals surface area contributed by atoms with E-state index in [1.807, 2.05) is 36.7 Å². The molecule has 0 aliphatic carbocycles. The van der Waals surface area contributed by atoms with Gasteiger partial charge in [-0.2, -0.15) is 13.2 Å². The highest BCUT2D eigenvalue weighted by atomic mass is 19.4. The maximum Gasteiger partial charge on any atom is 0.433 e. The van der Waals surface area contributed by atoms with Crippen LogP contribution in [0, 0.1) is 0 Å². The molecule has 174 valence electrons. The molecule has 0 saturated carbocycles. The van der Waals surface area contributed by atoms with E-state index in [0.29, 0.717) is 12.0 Å². The number of aryl methyl sites for hydroxylation is 1. The van der Waals surface area contributed by atoms with Crippen LogP contribution in [0.3, 0.4) is 0 Å². The zero-order chi connectivity index (χ0) is 23.8.